The summed E-state index contributed by atoms with van der Waals surface area (Å²) in [5.41, 5.74) is 1.43. The van der Waals surface area contributed by atoms with Crippen LogP contribution in [-0.4, -0.2) is 67.6 Å². The highest BCUT2D eigenvalue weighted by atomic mass is 16.5. The van der Waals surface area contributed by atoms with Crippen LogP contribution in [0.3, 0.4) is 0 Å². The number of hydrogen-bond acceptors (Lipinski definition) is 5. The number of rotatable bonds is 4. The van der Waals surface area contributed by atoms with Crippen molar-refractivity contribution in [2.45, 2.75) is 25.6 Å². The fraction of sp³-hybridized carbons (Fsp3) is 0.500. The Bertz CT molecular complexity index is 676. The summed E-state index contributed by atoms with van der Waals surface area (Å²) >= 11 is 0. The van der Waals surface area contributed by atoms with Crippen molar-refractivity contribution in [3.63, 3.8) is 0 Å². The molecule has 3 rings (SSSR count). The van der Waals surface area contributed by atoms with Gasteiger partial charge in [0.2, 0.25) is 11.8 Å². The number of amides is 3. The molecule has 0 aliphatic carbocycles. The number of carbonyl (C=O) groups excluding carboxylic acids is 3. The molecule has 1 aromatic rings. The van der Waals surface area contributed by atoms with Gasteiger partial charge in [-0.05, 0) is 24.6 Å². The molecule has 2 heterocycles. The molecule has 3 N–H and O–H groups in total. The van der Waals surface area contributed by atoms with Crippen LogP contribution in [0, 0.1) is 0 Å². The zero-order chi connectivity index (χ0) is 18.5. The van der Waals surface area contributed by atoms with Crippen molar-refractivity contribution >= 4 is 17.7 Å². The van der Waals surface area contributed by atoms with Gasteiger partial charge in [0.25, 0.3) is 5.91 Å². The van der Waals surface area contributed by atoms with E-state index in [1.807, 2.05) is 19.1 Å². The average molecular weight is 360 g/mol. The molecular formula is C18H24N4O4. The Morgan fingerprint density at radius 3 is 2.73 bits per heavy atom. The Hall–Kier alpha value is -2.45. The summed E-state index contributed by atoms with van der Waals surface area (Å²) in [6, 6.07) is 6.72. The first kappa shape index (κ1) is 18.3. The SMILES string of the molecule is C[C@H]1OCCN[C@@H]1C(=O)NCc1ccc(C(=O)N2CCNC(=O)C2)cc1. The molecule has 2 aliphatic rings. The van der Waals surface area contributed by atoms with Crippen LogP contribution in [0.25, 0.3) is 0 Å². The minimum Gasteiger partial charge on any atom is -0.375 e. The van der Waals surface area contributed by atoms with Crippen LogP contribution >= 0.6 is 0 Å². The van der Waals surface area contributed by atoms with Gasteiger partial charge in [0, 0.05) is 31.7 Å². The van der Waals surface area contributed by atoms with E-state index in [2.05, 4.69) is 16.0 Å². The minimum absolute atomic E-state index is 0.0886. The Labute approximate surface area is 152 Å². The van der Waals surface area contributed by atoms with E-state index in [-0.39, 0.29) is 36.4 Å². The molecule has 2 fully saturated rings. The summed E-state index contributed by atoms with van der Waals surface area (Å²) in [6.45, 7) is 4.60. The maximum Gasteiger partial charge on any atom is 0.254 e. The number of nitrogens with zero attached hydrogens (tertiary/aromatic N) is 1. The van der Waals surface area contributed by atoms with Crippen LogP contribution < -0.4 is 16.0 Å². The van der Waals surface area contributed by atoms with Crippen molar-refractivity contribution in [1.82, 2.24) is 20.9 Å². The molecule has 0 saturated carbocycles. The zero-order valence-electron chi connectivity index (χ0n) is 14.8. The number of benzene rings is 1. The van der Waals surface area contributed by atoms with Gasteiger partial charge >= 0.3 is 0 Å². The molecule has 0 radical (unpaired) electrons. The van der Waals surface area contributed by atoms with Crippen LogP contribution in [0.2, 0.25) is 0 Å². The third-order valence-electron chi connectivity index (χ3n) is 4.59. The maximum atomic E-state index is 12.4. The van der Waals surface area contributed by atoms with E-state index in [4.69, 9.17) is 4.74 Å². The molecule has 8 nitrogen and oxygen atoms in total. The van der Waals surface area contributed by atoms with Gasteiger partial charge in [0.05, 0.1) is 19.3 Å². The maximum absolute atomic E-state index is 12.4. The minimum atomic E-state index is -0.352. The topological polar surface area (TPSA) is 99.8 Å². The third-order valence-corrected chi connectivity index (χ3v) is 4.59. The summed E-state index contributed by atoms with van der Waals surface area (Å²) in [6.07, 6.45) is -0.162. The zero-order valence-corrected chi connectivity index (χ0v) is 14.8. The molecule has 2 saturated heterocycles. The molecule has 26 heavy (non-hydrogen) atoms. The monoisotopic (exact) mass is 360 g/mol. The van der Waals surface area contributed by atoms with Gasteiger partial charge in [-0.15, -0.1) is 0 Å². The number of carbonyl (C=O) groups is 3. The number of hydrogen-bond donors (Lipinski definition) is 3. The molecule has 140 valence electrons. The molecule has 0 spiro atoms. The van der Waals surface area contributed by atoms with Crippen LogP contribution in [0.4, 0.5) is 0 Å². The second kappa shape index (κ2) is 8.29. The molecule has 2 atom stereocenters. The smallest absolute Gasteiger partial charge is 0.254 e. The number of ether oxygens (including phenoxy) is 1. The van der Waals surface area contributed by atoms with Gasteiger partial charge in [0.1, 0.15) is 6.04 Å². The van der Waals surface area contributed by atoms with Gasteiger partial charge in [-0.3, -0.25) is 14.4 Å². The lowest BCUT2D eigenvalue weighted by atomic mass is 10.1. The Kier molecular flexibility index (Phi) is 5.85. The van der Waals surface area contributed by atoms with E-state index in [0.29, 0.717) is 38.3 Å². The predicted molar refractivity (Wildman–Crippen MR) is 94.4 cm³/mol. The van der Waals surface area contributed by atoms with Crippen molar-refractivity contribution < 1.29 is 19.1 Å². The number of morpholine rings is 1. The van der Waals surface area contributed by atoms with E-state index in [0.717, 1.165) is 5.56 Å². The summed E-state index contributed by atoms with van der Waals surface area (Å²) in [7, 11) is 0. The lowest BCUT2D eigenvalue weighted by Gasteiger charge is -2.29. The fourth-order valence-electron chi connectivity index (χ4n) is 3.09. The lowest BCUT2D eigenvalue weighted by molar-refractivity contribution is -0.129. The quantitative estimate of drug-likeness (QED) is 0.656. The number of piperazine rings is 1. The summed E-state index contributed by atoms with van der Waals surface area (Å²) in [4.78, 5) is 37.6. The van der Waals surface area contributed by atoms with E-state index >= 15 is 0 Å². The molecule has 2 aliphatic heterocycles. The van der Waals surface area contributed by atoms with Crippen molar-refractivity contribution in [1.29, 1.82) is 0 Å². The normalized spacial score (nSPS) is 23.3. The highest BCUT2D eigenvalue weighted by molar-refractivity contribution is 5.97. The van der Waals surface area contributed by atoms with E-state index in [1.54, 1.807) is 12.1 Å². The Morgan fingerprint density at radius 2 is 2.04 bits per heavy atom. The van der Waals surface area contributed by atoms with Gasteiger partial charge in [0.15, 0.2) is 0 Å². The van der Waals surface area contributed by atoms with Crippen LogP contribution in [0.1, 0.15) is 22.8 Å². The fourth-order valence-corrected chi connectivity index (χ4v) is 3.09. The van der Waals surface area contributed by atoms with Gasteiger partial charge in [-0.1, -0.05) is 12.1 Å². The first-order chi connectivity index (χ1) is 12.5. The van der Waals surface area contributed by atoms with Crippen molar-refractivity contribution in [3.8, 4) is 0 Å². The molecular weight excluding hydrogens is 336 g/mol. The molecule has 8 heteroatoms. The predicted octanol–water partition coefficient (Wildman–Crippen LogP) is -0.748. The van der Waals surface area contributed by atoms with E-state index < -0.39 is 0 Å². The third kappa shape index (κ3) is 4.39. The molecule has 1 aromatic carbocycles. The molecule has 0 aromatic heterocycles. The van der Waals surface area contributed by atoms with Gasteiger partial charge < -0.3 is 25.6 Å². The first-order valence-electron chi connectivity index (χ1n) is 8.82. The first-order valence-corrected chi connectivity index (χ1v) is 8.82. The standard InChI is InChI=1S/C18H24N4O4/c1-12-16(20-7-9-26-12)17(24)21-10-13-2-4-14(5-3-13)18(25)22-8-6-19-15(23)11-22/h2-5,12,16,20H,6-11H2,1H3,(H,19,23)(H,21,24)/t12-,16+/m1/s1. The highest BCUT2D eigenvalue weighted by Gasteiger charge is 2.28. The van der Waals surface area contributed by atoms with Crippen molar-refractivity contribution in [3.05, 3.63) is 35.4 Å². The number of nitrogens with one attached hydrogen (secondary N) is 3. The summed E-state index contributed by atoms with van der Waals surface area (Å²) < 4.78 is 5.48. The summed E-state index contributed by atoms with van der Waals surface area (Å²) in [5, 5.41) is 8.73. The highest BCUT2D eigenvalue weighted by Crippen LogP contribution is 2.10. The Balaban J connectivity index is 1.53. The summed E-state index contributed by atoms with van der Waals surface area (Å²) in [5.74, 6) is -0.400. The van der Waals surface area contributed by atoms with Gasteiger partial charge in [-0.25, -0.2) is 0 Å². The lowest BCUT2D eigenvalue weighted by Crippen LogP contribution is -2.55. The van der Waals surface area contributed by atoms with E-state index in [1.165, 1.54) is 4.90 Å². The van der Waals surface area contributed by atoms with Crippen LogP contribution in [0.5, 0.6) is 0 Å². The van der Waals surface area contributed by atoms with Crippen LogP contribution in [0.15, 0.2) is 24.3 Å². The molecule has 3 amide bonds. The van der Waals surface area contributed by atoms with Crippen molar-refractivity contribution in [2.75, 3.05) is 32.8 Å². The Morgan fingerprint density at radius 1 is 1.27 bits per heavy atom. The molecule has 0 bridgehead atoms. The van der Waals surface area contributed by atoms with Crippen LogP contribution in [-0.2, 0) is 20.9 Å². The second-order valence-corrected chi connectivity index (χ2v) is 6.50. The van der Waals surface area contributed by atoms with Crippen molar-refractivity contribution in [2.24, 2.45) is 0 Å². The average Bonchev–Trinajstić information content (AvgIpc) is 2.66. The largest absolute Gasteiger partial charge is 0.375 e. The van der Waals surface area contributed by atoms with E-state index in [9.17, 15) is 14.4 Å². The van der Waals surface area contributed by atoms with Gasteiger partial charge in [-0.2, -0.15) is 0 Å². The molecule has 0 unspecified atom stereocenters. The second-order valence-electron chi connectivity index (χ2n) is 6.50.